The molecule has 1 atom stereocenters. The monoisotopic (exact) mass is 297 g/mol. The van der Waals surface area contributed by atoms with E-state index in [0.717, 1.165) is 0 Å². The van der Waals surface area contributed by atoms with Crippen LogP contribution < -0.4 is 10.3 Å². The Bertz CT molecular complexity index is 728. The molecular formula is C12H15N3O4S. The maximum atomic E-state index is 12.0. The van der Waals surface area contributed by atoms with Gasteiger partial charge >= 0.3 is 0 Å². The molecule has 2 heterocycles. The maximum absolute atomic E-state index is 12.0. The lowest BCUT2D eigenvalue weighted by Crippen LogP contribution is -2.31. The molecule has 2 aromatic rings. The van der Waals surface area contributed by atoms with Crippen molar-refractivity contribution in [3.63, 3.8) is 0 Å². The molecule has 0 aliphatic heterocycles. The first-order valence-electron chi connectivity index (χ1n) is 6.10. The molecule has 2 aromatic heterocycles. The Labute approximate surface area is 116 Å². The van der Waals surface area contributed by atoms with Gasteiger partial charge in [0.15, 0.2) is 5.76 Å². The van der Waals surface area contributed by atoms with E-state index < -0.39 is 10.0 Å². The van der Waals surface area contributed by atoms with Crippen LogP contribution in [0.3, 0.4) is 0 Å². The summed E-state index contributed by atoms with van der Waals surface area (Å²) in [7, 11) is -3.68. The third-order valence-electron chi connectivity index (χ3n) is 2.75. The lowest BCUT2D eigenvalue weighted by molar-refractivity contribution is 0.449. The number of aromatic amines is 1. The van der Waals surface area contributed by atoms with Crippen molar-refractivity contribution in [2.75, 3.05) is 0 Å². The number of aromatic nitrogens is 2. The number of hydrogen-bond donors (Lipinski definition) is 2. The molecule has 8 heteroatoms. The van der Waals surface area contributed by atoms with E-state index >= 15 is 0 Å². The predicted octanol–water partition coefficient (Wildman–Crippen LogP) is 1.11. The summed E-state index contributed by atoms with van der Waals surface area (Å²) < 4.78 is 31.8. The molecule has 0 amide bonds. The van der Waals surface area contributed by atoms with Crippen molar-refractivity contribution < 1.29 is 12.8 Å². The Morgan fingerprint density at radius 3 is 2.70 bits per heavy atom. The van der Waals surface area contributed by atoms with E-state index in [9.17, 15) is 13.2 Å². The highest BCUT2D eigenvalue weighted by Crippen LogP contribution is 2.22. The van der Waals surface area contributed by atoms with Crippen LogP contribution in [-0.2, 0) is 10.0 Å². The normalized spacial score (nSPS) is 13.3. The van der Waals surface area contributed by atoms with Crippen LogP contribution in [0.25, 0.3) is 11.5 Å². The van der Waals surface area contributed by atoms with Crippen LogP contribution in [0.15, 0.2) is 38.6 Å². The first-order chi connectivity index (χ1) is 9.42. The fourth-order valence-corrected chi connectivity index (χ4v) is 2.75. The quantitative estimate of drug-likeness (QED) is 0.860. The van der Waals surface area contributed by atoms with Crippen molar-refractivity contribution in [1.29, 1.82) is 0 Å². The van der Waals surface area contributed by atoms with Gasteiger partial charge in [0.05, 0.1) is 0 Å². The van der Waals surface area contributed by atoms with Gasteiger partial charge in [-0.25, -0.2) is 18.2 Å². The number of sulfonamides is 1. The van der Waals surface area contributed by atoms with Crippen LogP contribution >= 0.6 is 0 Å². The zero-order chi connectivity index (χ0) is 14.8. The first kappa shape index (κ1) is 14.5. The Morgan fingerprint density at radius 1 is 1.35 bits per heavy atom. The Balaban J connectivity index is 2.29. The van der Waals surface area contributed by atoms with E-state index in [-0.39, 0.29) is 22.5 Å². The summed E-state index contributed by atoms with van der Waals surface area (Å²) in [6.07, 6.45) is 0.675. The lowest BCUT2D eigenvalue weighted by atomic mass is 10.3. The molecular weight excluding hydrogens is 282 g/mol. The average Bonchev–Trinajstić information content (AvgIpc) is 2.89. The molecule has 0 saturated carbocycles. The van der Waals surface area contributed by atoms with Crippen LogP contribution in [0.2, 0.25) is 0 Å². The van der Waals surface area contributed by atoms with E-state index in [1.807, 2.05) is 6.92 Å². The van der Waals surface area contributed by atoms with Gasteiger partial charge in [0, 0.05) is 12.1 Å². The van der Waals surface area contributed by atoms with E-state index in [1.54, 1.807) is 6.92 Å². The fraction of sp³-hybridized carbons (Fsp3) is 0.333. The molecule has 0 radical (unpaired) electrons. The Hall–Kier alpha value is -1.93. The number of nitrogens with zero attached hydrogens (tertiary/aromatic N) is 1. The van der Waals surface area contributed by atoms with Gasteiger partial charge in [-0.3, -0.25) is 4.79 Å². The zero-order valence-corrected chi connectivity index (χ0v) is 11.9. The number of H-pyrrole nitrogens is 1. The third-order valence-corrected chi connectivity index (χ3v) is 4.21. The third kappa shape index (κ3) is 3.14. The minimum absolute atomic E-state index is 0.180. The number of nitrogens with one attached hydrogen (secondary N) is 2. The summed E-state index contributed by atoms with van der Waals surface area (Å²) in [5, 5.41) is 5.85. The molecule has 0 aliphatic carbocycles. The van der Waals surface area contributed by atoms with E-state index in [2.05, 4.69) is 14.9 Å². The minimum atomic E-state index is -3.68. The molecule has 0 aromatic carbocycles. The maximum Gasteiger partial charge on any atom is 0.274 e. The van der Waals surface area contributed by atoms with Crippen molar-refractivity contribution >= 4 is 10.0 Å². The molecule has 2 N–H and O–H groups in total. The van der Waals surface area contributed by atoms with Crippen LogP contribution in [-0.4, -0.2) is 24.7 Å². The molecule has 108 valence electrons. The highest BCUT2D eigenvalue weighted by atomic mass is 32.2. The second-order valence-electron chi connectivity index (χ2n) is 4.36. The van der Waals surface area contributed by atoms with E-state index in [0.29, 0.717) is 12.1 Å². The van der Waals surface area contributed by atoms with Crippen molar-refractivity contribution in [3.05, 3.63) is 34.6 Å². The highest BCUT2D eigenvalue weighted by molar-refractivity contribution is 7.89. The Kier molecular flexibility index (Phi) is 4.05. The zero-order valence-electron chi connectivity index (χ0n) is 11.1. The van der Waals surface area contributed by atoms with Crippen molar-refractivity contribution in [1.82, 2.24) is 14.9 Å². The van der Waals surface area contributed by atoms with Gasteiger partial charge in [-0.15, -0.1) is 0 Å². The summed E-state index contributed by atoms with van der Waals surface area (Å²) in [6.45, 7) is 3.65. The van der Waals surface area contributed by atoms with Gasteiger partial charge in [-0.1, -0.05) is 6.92 Å². The van der Waals surface area contributed by atoms with Crippen LogP contribution in [0.5, 0.6) is 0 Å². The van der Waals surface area contributed by atoms with Crippen molar-refractivity contribution in [2.24, 2.45) is 0 Å². The largest absolute Gasteiger partial charge is 0.442 e. The van der Waals surface area contributed by atoms with Gasteiger partial charge in [-0.2, -0.15) is 5.10 Å². The predicted molar refractivity (Wildman–Crippen MR) is 72.6 cm³/mol. The topological polar surface area (TPSA) is 105 Å². The molecule has 2 rings (SSSR count). The molecule has 20 heavy (non-hydrogen) atoms. The number of rotatable bonds is 5. The standard InChI is InChI=1S/C12H15N3O4S/c1-3-8(2)15-20(17,18)12-7-5-10(19-12)9-4-6-11(16)14-13-9/h4-8,15H,3H2,1-2H3,(H,14,16)/t8-/m1/s1. The minimum Gasteiger partial charge on any atom is -0.442 e. The van der Waals surface area contributed by atoms with Crippen LogP contribution in [0.1, 0.15) is 20.3 Å². The van der Waals surface area contributed by atoms with E-state index in [1.165, 1.54) is 24.3 Å². The van der Waals surface area contributed by atoms with Gasteiger partial charge in [0.2, 0.25) is 5.09 Å². The molecule has 0 unspecified atom stereocenters. The van der Waals surface area contributed by atoms with Gasteiger partial charge < -0.3 is 4.42 Å². The Morgan fingerprint density at radius 2 is 2.10 bits per heavy atom. The van der Waals surface area contributed by atoms with Gasteiger partial charge in [-0.05, 0) is 31.5 Å². The summed E-state index contributed by atoms with van der Waals surface area (Å²) in [4.78, 5) is 10.9. The molecule has 0 bridgehead atoms. The molecule has 0 saturated heterocycles. The first-order valence-corrected chi connectivity index (χ1v) is 7.59. The highest BCUT2D eigenvalue weighted by Gasteiger charge is 2.21. The number of hydrogen-bond acceptors (Lipinski definition) is 5. The molecule has 0 aliphatic rings. The number of furan rings is 1. The lowest BCUT2D eigenvalue weighted by Gasteiger charge is -2.09. The van der Waals surface area contributed by atoms with Crippen LogP contribution in [0.4, 0.5) is 0 Å². The second-order valence-corrected chi connectivity index (χ2v) is 6.00. The van der Waals surface area contributed by atoms with Gasteiger partial charge in [0.1, 0.15) is 5.69 Å². The van der Waals surface area contributed by atoms with Gasteiger partial charge in [0.25, 0.3) is 15.6 Å². The SMILES string of the molecule is CC[C@@H](C)NS(=O)(=O)c1ccc(-c2ccc(=O)[nH]n2)o1. The molecule has 7 nitrogen and oxygen atoms in total. The second kappa shape index (κ2) is 5.59. The average molecular weight is 297 g/mol. The van der Waals surface area contributed by atoms with Crippen molar-refractivity contribution in [2.45, 2.75) is 31.4 Å². The van der Waals surface area contributed by atoms with E-state index in [4.69, 9.17) is 4.42 Å². The fourth-order valence-electron chi connectivity index (χ4n) is 1.49. The van der Waals surface area contributed by atoms with Crippen LogP contribution in [0, 0.1) is 0 Å². The summed E-state index contributed by atoms with van der Waals surface area (Å²) >= 11 is 0. The molecule has 0 fully saturated rings. The summed E-state index contributed by atoms with van der Waals surface area (Å²) in [5.41, 5.74) is 0.0150. The summed E-state index contributed by atoms with van der Waals surface area (Å²) in [6, 6.07) is 5.41. The van der Waals surface area contributed by atoms with Crippen molar-refractivity contribution in [3.8, 4) is 11.5 Å². The molecule has 0 spiro atoms. The summed E-state index contributed by atoms with van der Waals surface area (Å²) in [5.74, 6) is 0.269. The smallest absolute Gasteiger partial charge is 0.274 e.